The average Bonchev–Trinajstić information content (AvgIpc) is 3.17. The van der Waals surface area contributed by atoms with Crippen molar-refractivity contribution in [3.8, 4) is 0 Å². The zero-order valence-corrected chi connectivity index (χ0v) is 13.6. The van der Waals surface area contributed by atoms with E-state index in [1.165, 1.54) is 4.88 Å². The molecular weight excluding hydrogens is 316 g/mol. The van der Waals surface area contributed by atoms with Gasteiger partial charge < -0.3 is 5.32 Å². The summed E-state index contributed by atoms with van der Waals surface area (Å²) in [5.74, 6) is 1.87. The largest absolute Gasteiger partial charge is 0.354 e. The van der Waals surface area contributed by atoms with E-state index < -0.39 is 0 Å². The van der Waals surface area contributed by atoms with E-state index in [1.807, 2.05) is 36.0 Å². The number of rotatable bonds is 7. The number of nitrogens with zero attached hydrogens (tertiary/aromatic N) is 3. The van der Waals surface area contributed by atoms with Crippen LogP contribution in [0, 0.1) is 0 Å². The molecule has 0 unspecified atom stereocenters. The SMILES string of the molecule is O=C(Cn1nnc2ccccc21)NCCSCc1cccs1. The summed E-state index contributed by atoms with van der Waals surface area (Å²) in [6.07, 6.45) is 0. The Kier molecular flexibility index (Phi) is 5.07. The quantitative estimate of drug-likeness (QED) is 0.676. The fourth-order valence-corrected chi connectivity index (χ4v) is 3.76. The molecule has 0 radical (unpaired) electrons. The molecule has 1 aromatic carbocycles. The highest BCUT2D eigenvalue weighted by molar-refractivity contribution is 7.98. The van der Waals surface area contributed by atoms with Gasteiger partial charge in [0.25, 0.3) is 0 Å². The Morgan fingerprint density at radius 3 is 3.05 bits per heavy atom. The lowest BCUT2D eigenvalue weighted by Gasteiger charge is -2.05. The predicted octanol–water partition coefficient (Wildman–Crippen LogP) is 2.54. The van der Waals surface area contributed by atoms with Gasteiger partial charge in [-0.2, -0.15) is 11.8 Å². The first-order valence-corrected chi connectivity index (χ1v) is 9.01. The maximum absolute atomic E-state index is 11.9. The summed E-state index contributed by atoms with van der Waals surface area (Å²) in [5.41, 5.74) is 1.69. The number of para-hydroxylation sites is 1. The molecule has 1 amide bonds. The maximum Gasteiger partial charge on any atom is 0.241 e. The molecule has 1 N–H and O–H groups in total. The zero-order valence-electron chi connectivity index (χ0n) is 11.9. The monoisotopic (exact) mass is 332 g/mol. The Labute approximate surface area is 136 Å². The van der Waals surface area contributed by atoms with Gasteiger partial charge in [0.2, 0.25) is 5.91 Å². The van der Waals surface area contributed by atoms with E-state index in [9.17, 15) is 4.79 Å². The molecule has 3 rings (SSSR count). The van der Waals surface area contributed by atoms with Crippen LogP contribution in [0.4, 0.5) is 0 Å². The number of aromatic nitrogens is 3. The van der Waals surface area contributed by atoms with E-state index in [4.69, 9.17) is 0 Å². The molecule has 0 spiro atoms. The van der Waals surface area contributed by atoms with Crippen molar-refractivity contribution >= 4 is 40.0 Å². The minimum Gasteiger partial charge on any atom is -0.354 e. The Morgan fingerprint density at radius 1 is 1.27 bits per heavy atom. The zero-order chi connectivity index (χ0) is 15.2. The number of carbonyl (C=O) groups is 1. The van der Waals surface area contributed by atoms with Crippen molar-refractivity contribution in [2.24, 2.45) is 0 Å². The van der Waals surface area contributed by atoms with Crippen LogP contribution in [0.2, 0.25) is 0 Å². The van der Waals surface area contributed by atoms with Crippen LogP contribution in [0.3, 0.4) is 0 Å². The molecule has 2 heterocycles. The Bertz CT molecular complexity index is 739. The van der Waals surface area contributed by atoms with Gasteiger partial charge in [-0.15, -0.1) is 16.4 Å². The van der Waals surface area contributed by atoms with Gasteiger partial charge in [-0.3, -0.25) is 4.79 Å². The third kappa shape index (κ3) is 3.86. The van der Waals surface area contributed by atoms with Crippen LogP contribution in [0.1, 0.15) is 4.88 Å². The minimum atomic E-state index is -0.0348. The van der Waals surface area contributed by atoms with Gasteiger partial charge in [0.05, 0.1) is 5.52 Å². The lowest BCUT2D eigenvalue weighted by molar-refractivity contribution is -0.121. The second kappa shape index (κ2) is 7.42. The van der Waals surface area contributed by atoms with E-state index in [1.54, 1.807) is 16.0 Å². The molecule has 0 saturated heterocycles. The molecule has 0 saturated carbocycles. The van der Waals surface area contributed by atoms with E-state index >= 15 is 0 Å². The van der Waals surface area contributed by atoms with Gasteiger partial charge >= 0.3 is 0 Å². The van der Waals surface area contributed by atoms with Crippen LogP contribution in [0.15, 0.2) is 41.8 Å². The first-order valence-electron chi connectivity index (χ1n) is 6.98. The van der Waals surface area contributed by atoms with Gasteiger partial charge in [0.15, 0.2) is 0 Å². The number of thiophene rings is 1. The first kappa shape index (κ1) is 15.1. The van der Waals surface area contributed by atoms with Crippen LogP contribution in [0.25, 0.3) is 11.0 Å². The Hall–Kier alpha value is -1.86. The summed E-state index contributed by atoms with van der Waals surface area (Å²) in [6.45, 7) is 0.873. The predicted molar refractivity (Wildman–Crippen MR) is 91.0 cm³/mol. The molecule has 22 heavy (non-hydrogen) atoms. The van der Waals surface area contributed by atoms with Gasteiger partial charge in [-0.25, -0.2) is 4.68 Å². The molecular formula is C15H16N4OS2. The van der Waals surface area contributed by atoms with Crippen molar-refractivity contribution in [2.75, 3.05) is 12.3 Å². The van der Waals surface area contributed by atoms with Crippen LogP contribution in [-0.2, 0) is 17.1 Å². The summed E-state index contributed by atoms with van der Waals surface area (Å²) in [7, 11) is 0. The minimum absolute atomic E-state index is 0.0348. The van der Waals surface area contributed by atoms with Crippen molar-refractivity contribution < 1.29 is 4.79 Å². The van der Waals surface area contributed by atoms with Gasteiger partial charge in [-0.05, 0) is 23.6 Å². The lowest BCUT2D eigenvalue weighted by Crippen LogP contribution is -2.29. The summed E-state index contributed by atoms with van der Waals surface area (Å²) in [4.78, 5) is 13.3. The lowest BCUT2D eigenvalue weighted by atomic mass is 10.3. The molecule has 0 bridgehead atoms. The van der Waals surface area contributed by atoms with Crippen molar-refractivity contribution in [3.63, 3.8) is 0 Å². The summed E-state index contributed by atoms with van der Waals surface area (Å²) >= 11 is 3.59. The van der Waals surface area contributed by atoms with Crippen molar-refractivity contribution in [3.05, 3.63) is 46.7 Å². The number of hydrogen-bond donors (Lipinski definition) is 1. The highest BCUT2D eigenvalue weighted by Gasteiger charge is 2.07. The van der Waals surface area contributed by atoms with E-state index in [0.717, 1.165) is 22.5 Å². The number of thioether (sulfide) groups is 1. The van der Waals surface area contributed by atoms with Gasteiger partial charge in [0, 0.05) is 22.9 Å². The molecule has 114 valence electrons. The van der Waals surface area contributed by atoms with E-state index in [2.05, 4.69) is 33.1 Å². The third-order valence-corrected chi connectivity index (χ3v) is 5.17. The Morgan fingerprint density at radius 2 is 2.18 bits per heavy atom. The highest BCUT2D eigenvalue weighted by Crippen LogP contribution is 2.16. The Balaban J connectivity index is 1.41. The van der Waals surface area contributed by atoms with Gasteiger partial charge in [-0.1, -0.05) is 23.4 Å². The second-order valence-electron chi connectivity index (χ2n) is 4.72. The van der Waals surface area contributed by atoms with Crippen molar-refractivity contribution in [1.29, 1.82) is 0 Å². The summed E-state index contributed by atoms with van der Waals surface area (Å²) in [5, 5.41) is 13.1. The number of amides is 1. The molecule has 5 nitrogen and oxygen atoms in total. The smallest absolute Gasteiger partial charge is 0.241 e. The first-order chi connectivity index (χ1) is 10.8. The highest BCUT2D eigenvalue weighted by atomic mass is 32.2. The van der Waals surface area contributed by atoms with Crippen LogP contribution >= 0.6 is 23.1 Å². The van der Waals surface area contributed by atoms with Crippen molar-refractivity contribution in [2.45, 2.75) is 12.3 Å². The normalized spacial score (nSPS) is 10.9. The maximum atomic E-state index is 11.9. The third-order valence-electron chi connectivity index (χ3n) is 3.11. The number of hydrogen-bond acceptors (Lipinski definition) is 5. The van der Waals surface area contributed by atoms with Crippen LogP contribution in [-0.4, -0.2) is 33.2 Å². The average molecular weight is 332 g/mol. The molecule has 2 aromatic heterocycles. The molecule has 0 aliphatic carbocycles. The number of benzene rings is 1. The number of nitrogens with one attached hydrogen (secondary N) is 1. The molecule has 7 heteroatoms. The molecule has 0 fully saturated rings. The molecule has 0 aliphatic heterocycles. The summed E-state index contributed by atoms with van der Waals surface area (Å²) in [6, 6.07) is 11.8. The van der Waals surface area contributed by atoms with E-state index in [0.29, 0.717) is 6.54 Å². The van der Waals surface area contributed by atoms with Crippen LogP contribution in [0.5, 0.6) is 0 Å². The second-order valence-corrected chi connectivity index (χ2v) is 6.86. The summed E-state index contributed by atoms with van der Waals surface area (Å²) < 4.78 is 1.63. The van der Waals surface area contributed by atoms with Crippen LogP contribution < -0.4 is 5.32 Å². The molecule has 0 atom stereocenters. The fourth-order valence-electron chi connectivity index (χ4n) is 2.06. The topological polar surface area (TPSA) is 59.8 Å². The van der Waals surface area contributed by atoms with E-state index in [-0.39, 0.29) is 12.5 Å². The number of fused-ring (bicyclic) bond motifs is 1. The van der Waals surface area contributed by atoms with Crippen molar-refractivity contribution in [1.82, 2.24) is 20.3 Å². The number of carbonyl (C=O) groups excluding carboxylic acids is 1. The fraction of sp³-hybridized carbons (Fsp3) is 0.267. The standard InChI is InChI=1S/C15H16N4OS2/c20-15(16-7-9-21-11-12-4-3-8-22-12)10-19-14-6-2-1-5-13(14)17-18-19/h1-6,8H,7,9-11H2,(H,16,20). The molecule has 3 aromatic rings. The van der Waals surface area contributed by atoms with Gasteiger partial charge in [0.1, 0.15) is 12.1 Å². The molecule has 0 aliphatic rings.